The number of piperazine rings is 1. The summed E-state index contributed by atoms with van der Waals surface area (Å²) in [6.45, 7) is 8.87. The lowest BCUT2D eigenvalue weighted by atomic mass is 10.1. The number of hydrogen-bond donors (Lipinski definition) is 2. The number of benzene rings is 1. The minimum absolute atomic E-state index is 0.121. The van der Waals surface area contributed by atoms with Gasteiger partial charge in [-0.15, -0.1) is 11.3 Å². The summed E-state index contributed by atoms with van der Waals surface area (Å²) >= 11 is 20.4. The number of nitrogens with zero attached hydrogens (tertiary/aromatic N) is 4. The van der Waals surface area contributed by atoms with Crippen molar-refractivity contribution in [3.8, 4) is 5.75 Å². The van der Waals surface area contributed by atoms with Crippen LogP contribution >= 0.6 is 46.1 Å². The van der Waals surface area contributed by atoms with Crippen molar-refractivity contribution in [1.82, 2.24) is 19.7 Å². The van der Waals surface area contributed by atoms with Crippen LogP contribution in [0.2, 0.25) is 15.1 Å². The van der Waals surface area contributed by atoms with E-state index < -0.39 is 11.8 Å². The number of carbonyl (C=O) groups is 2. The molecule has 0 aliphatic carbocycles. The fourth-order valence-corrected chi connectivity index (χ4v) is 6.55. The molecule has 5 rings (SSSR count). The molecule has 10 nitrogen and oxygen atoms in total. The van der Waals surface area contributed by atoms with Gasteiger partial charge in [-0.2, -0.15) is 0 Å². The van der Waals surface area contributed by atoms with Crippen molar-refractivity contribution in [1.29, 1.82) is 0 Å². The zero-order chi connectivity index (χ0) is 31.1. The number of aromatic nitrogens is 1. The van der Waals surface area contributed by atoms with Crippen molar-refractivity contribution in [2.24, 2.45) is 0 Å². The number of hydrogen-bond acceptors (Lipinski definition) is 9. The molecule has 0 atom stereocenters. The lowest BCUT2D eigenvalue weighted by Crippen LogP contribution is -2.43. The monoisotopic (exact) mass is 680 g/mol. The standard InChI is InChI=1S/C30H35Cl3N6O4S/c1-37-6-8-39(9-7-37)18-20-19-44-28(26(20)33)30(41)36-27-23(29(40)35-25-4-3-21(31)17-34-25)15-22(32)16-24(27)43-12-2-5-38-10-13-42-14-11-38/h3-4,15-17,19H,2,5-14,18H2,1H3,(H,36,41)(H,34,35,40). The second-order valence-corrected chi connectivity index (χ2v) is 12.9. The van der Waals surface area contributed by atoms with Gasteiger partial charge in [-0.1, -0.05) is 34.8 Å². The summed E-state index contributed by atoms with van der Waals surface area (Å²) in [6, 6.07) is 6.28. The number of nitrogens with one attached hydrogen (secondary N) is 2. The average Bonchev–Trinajstić information content (AvgIpc) is 3.38. The lowest BCUT2D eigenvalue weighted by molar-refractivity contribution is 0.0358. The Bertz CT molecular complexity index is 1440. The molecule has 0 spiro atoms. The second-order valence-electron chi connectivity index (χ2n) is 10.7. The van der Waals surface area contributed by atoms with Crippen LogP contribution in [-0.2, 0) is 11.3 Å². The van der Waals surface area contributed by atoms with E-state index in [4.69, 9.17) is 44.3 Å². The van der Waals surface area contributed by atoms with Crippen molar-refractivity contribution >= 4 is 69.5 Å². The van der Waals surface area contributed by atoms with Crippen LogP contribution in [0.4, 0.5) is 11.5 Å². The Labute approximate surface area is 276 Å². The van der Waals surface area contributed by atoms with Gasteiger partial charge in [0.15, 0.2) is 0 Å². The molecule has 0 bridgehead atoms. The van der Waals surface area contributed by atoms with E-state index in [0.29, 0.717) is 47.1 Å². The number of likely N-dealkylation sites (N-methyl/N-ethyl adjacent to an activating group) is 1. The SMILES string of the molecule is CN1CCN(Cc2csc(C(=O)Nc3c(OCCCN4CCOCC4)cc(Cl)cc3C(=O)Nc3ccc(Cl)cn3)c2Cl)CC1. The van der Waals surface area contributed by atoms with Crippen molar-refractivity contribution in [2.45, 2.75) is 13.0 Å². The second kappa shape index (κ2) is 15.7. The highest BCUT2D eigenvalue weighted by Gasteiger charge is 2.25. The summed E-state index contributed by atoms with van der Waals surface area (Å²) in [5, 5.41) is 8.69. The molecule has 2 aromatic heterocycles. The number of halogens is 3. The molecule has 2 aliphatic rings. The normalized spacial score (nSPS) is 16.5. The maximum absolute atomic E-state index is 13.7. The summed E-state index contributed by atoms with van der Waals surface area (Å²) in [5.74, 6) is -0.389. The Kier molecular flexibility index (Phi) is 11.7. The van der Waals surface area contributed by atoms with E-state index in [-0.39, 0.29) is 22.0 Å². The van der Waals surface area contributed by atoms with Crippen molar-refractivity contribution in [2.75, 3.05) is 83.3 Å². The van der Waals surface area contributed by atoms with Gasteiger partial charge in [-0.3, -0.25) is 19.4 Å². The first-order valence-corrected chi connectivity index (χ1v) is 16.5. The van der Waals surface area contributed by atoms with Crippen LogP contribution < -0.4 is 15.4 Å². The highest BCUT2D eigenvalue weighted by atomic mass is 35.5. The molecule has 0 saturated carbocycles. The molecule has 2 N–H and O–H groups in total. The van der Waals surface area contributed by atoms with Gasteiger partial charge in [0.25, 0.3) is 11.8 Å². The van der Waals surface area contributed by atoms with Crippen LogP contribution in [0, 0.1) is 0 Å². The van der Waals surface area contributed by atoms with Crippen LogP contribution in [0.25, 0.3) is 0 Å². The topological polar surface area (TPSA) is 99.3 Å². The van der Waals surface area contributed by atoms with Crippen LogP contribution in [-0.4, -0.2) is 104 Å². The van der Waals surface area contributed by atoms with Gasteiger partial charge < -0.3 is 25.0 Å². The van der Waals surface area contributed by atoms with Crippen LogP contribution in [0.5, 0.6) is 5.75 Å². The summed E-state index contributed by atoms with van der Waals surface area (Å²) in [7, 11) is 2.11. The molecular formula is C30H35Cl3N6O4S. The number of morpholine rings is 1. The van der Waals surface area contributed by atoms with Gasteiger partial charge >= 0.3 is 0 Å². The van der Waals surface area contributed by atoms with Gasteiger partial charge in [-0.25, -0.2) is 4.98 Å². The first kappa shape index (κ1) is 32.9. The maximum atomic E-state index is 13.7. The number of anilines is 2. The predicted octanol–water partition coefficient (Wildman–Crippen LogP) is 5.46. The van der Waals surface area contributed by atoms with Gasteiger partial charge in [0.05, 0.1) is 41.1 Å². The Hall–Kier alpha value is -2.48. The fraction of sp³-hybridized carbons (Fsp3) is 0.433. The van der Waals surface area contributed by atoms with E-state index >= 15 is 0 Å². The molecule has 2 saturated heterocycles. The minimum atomic E-state index is -0.524. The number of rotatable bonds is 11. The minimum Gasteiger partial charge on any atom is -0.491 e. The third-order valence-electron chi connectivity index (χ3n) is 7.50. The van der Waals surface area contributed by atoms with Crippen molar-refractivity contribution in [3.63, 3.8) is 0 Å². The van der Waals surface area contributed by atoms with Gasteiger partial charge in [0, 0.05) is 69.6 Å². The number of carbonyl (C=O) groups excluding carboxylic acids is 2. The molecule has 2 aliphatic heterocycles. The maximum Gasteiger partial charge on any atom is 0.267 e. The molecule has 1 aromatic carbocycles. The Morgan fingerprint density at radius 2 is 1.75 bits per heavy atom. The quantitative estimate of drug-likeness (QED) is 0.258. The number of amides is 2. The Balaban J connectivity index is 1.35. The molecule has 2 amide bonds. The van der Waals surface area contributed by atoms with E-state index in [1.165, 1.54) is 23.6 Å². The molecule has 4 heterocycles. The highest BCUT2D eigenvalue weighted by molar-refractivity contribution is 7.13. The first-order chi connectivity index (χ1) is 21.3. The number of thiophene rings is 1. The fourth-order valence-electron chi connectivity index (χ4n) is 4.99. The van der Waals surface area contributed by atoms with E-state index in [1.807, 2.05) is 5.38 Å². The molecular weight excluding hydrogens is 647 g/mol. The molecule has 14 heteroatoms. The summed E-state index contributed by atoms with van der Waals surface area (Å²) in [5.41, 5.74) is 1.22. The van der Waals surface area contributed by atoms with Gasteiger partial charge in [0.2, 0.25) is 0 Å². The molecule has 0 unspecified atom stereocenters. The smallest absolute Gasteiger partial charge is 0.267 e. The zero-order valence-electron chi connectivity index (χ0n) is 24.4. The highest BCUT2D eigenvalue weighted by Crippen LogP contribution is 2.36. The molecule has 236 valence electrons. The number of pyridine rings is 1. The van der Waals surface area contributed by atoms with Gasteiger partial charge in [0.1, 0.15) is 16.4 Å². The average molecular weight is 682 g/mol. The summed E-state index contributed by atoms with van der Waals surface area (Å²) < 4.78 is 11.6. The van der Waals surface area contributed by atoms with E-state index in [2.05, 4.69) is 37.4 Å². The largest absolute Gasteiger partial charge is 0.491 e. The van der Waals surface area contributed by atoms with Crippen molar-refractivity contribution < 1.29 is 19.1 Å². The van der Waals surface area contributed by atoms with Crippen LogP contribution in [0.15, 0.2) is 35.8 Å². The van der Waals surface area contributed by atoms with Crippen LogP contribution in [0.3, 0.4) is 0 Å². The molecule has 2 fully saturated rings. The zero-order valence-corrected chi connectivity index (χ0v) is 27.5. The predicted molar refractivity (Wildman–Crippen MR) is 176 cm³/mol. The van der Waals surface area contributed by atoms with E-state index in [9.17, 15) is 9.59 Å². The van der Waals surface area contributed by atoms with Crippen LogP contribution in [0.1, 0.15) is 32.0 Å². The lowest BCUT2D eigenvalue weighted by Gasteiger charge is -2.32. The summed E-state index contributed by atoms with van der Waals surface area (Å²) in [4.78, 5) is 38.6. The van der Waals surface area contributed by atoms with Gasteiger partial charge in [-0.05, 0) is 42.6 Å². The summed E-state index contributed by atoms with van der Waals surface area (Å²) in [6.07, 6.45) is 2.17. The van der Waals surface area contributed by atoms with E-state index in [0.717, 1.165) is 57.8 Å². The van der Waals surface area contributed by atoms with Crippen molar-refractivity contribution in [3.05, 3.63) is 66.9 Å². The third-order valence-corrected chi connectivity index (χ3v) is 9.51. The Morgan fingerprint density at radius 1 is 0.977 bits per heavy atom. The third kappa shape index (κ3) is 8.82. The molecule has 3 aromatic rings. The molecule has 0 radical (unpaired) electrons. The molecule has 44 heavy (non-hydrogen) atoms. The van der Waals surface area contributed by atoms with E-state index in [1.54, 1.807) is 18.2 Å². The Morgan fingerprint density at radius 3 is 2.48 bits per heavy atom. The first-order valence-electron chi connectivity index (χ1n) is 14.4. The number of ether oxygens (including phenoxy) is 2.